The summed E-state index contributed by atoms with van der Waals surface area (Å²) in [6.45, 7) is 1.68. The maximum Gasteiger partial charge on any atom is 0.336 e. The van der Waals surface area contributed by atoms with Crippen molar-refractivity contribution in [1.29, 1.82) is 0 Å². The molecule has 0 atom stereocenters. The number of aromatic nitrogens is 2. The fraction of sp³-hybridized carbons (Fsp3) is 0.0769. The van der Waals surface area contributed by atoms with Crippen LogP contribution in [0, 0.1) is 6.92 Å². The van der Waals surface area contributed by atoms with Gasteiger partial charge in [0.05, 0.1) is 11.8 Å². The fourth-order valence-corrected chi connectivity index (χ4v) is 1.60. The van der Waals surface area contributed by atoms with Crippen molar-refractivity contribution in [3.8, 4) is 0 Å². The van der Waals surface area contributed by atoms with Gasteiger partial charge in [0, 0.05) is 17.3 Å². The number of nitrogens with zero attached hydrogens (tertiary/aromatic N) is 2. The number of carbonyl (C=O) groups is 1. The smallest absolute Gasteiger partial charge is 0.336 e. The second-order valence-corrected chi connectivity index (χ2v) is 4.00. The van der Waals surface area contributed by atoms with E-state index in [-0.39, 0.29) is 17.1 Å². The largest absolute Gasteiger partial charge is 0.478 e. The summed E-state index contributed by atoms with van der Waals surface area (Å²) in [7, 11) is 0. The van der Waals surface area contributed by atoms with Crippen molar-refractivity contribution in [1.82, 2.24) is 9.97 Å². The van der Waals surface area contributed by atoms with Gasteiger partial charge in [-0.15, -0.1) is 0 Å². The van der Waals surface area contributed by atoms with E-state index in [1.807, 2.05) is 0 Å². The zero-order valence-corrected chi connectivity index (χ0v) is 10.6. The summed E-state index contributed by atoms with van der Waals surface area (Å²) >= 11 is 0. The van der Waals surface area contributed by atoms with Crippen LogP contribution >= 0.6 is 0 Å². The van der Waals surface area contributed by atoms with Crippen molar-refractivity contribution in [2.75, 3.05) is 5.43 Å². The molecular formula is C13H12N4O3. The minimum atomic E-state index is -1.03. The highest BCUT2D eigenvalue weighted by Gasteiger charge is 2.06. The third-order valence-corrected chi connectivity index (χ3v) is 2.44. The molecule has 1 aromatic carbocycles. The van der Waals surface area contributed by atoms with Gasteiger partial charge in [0.2, 0.25) is 5.95 Å². The summed E-state index contributed by atoms with van der Waals surface area (Å²) in [5.74, 6) is -0.840. The van der Waals surface area contributed by atoms with Gasteiger partial charge >= 0.3 is 5.97 Å². The Morgan fingerprint density at radius 1 is 1.45 bits per heavy atom. The molecule has 0 aliphatic rings. The van der Waals surface area contributed by atoms with Crippen molar-refractivity contribution in [3.63, 3.8) is 0 Å². The monoisotopic (exact) mass is 272 g/mol. The van der Waals surface area contributed by atoms with Gasteiger partial charge in [-0.05, 0) is 13.0 Å². The van der Waals surface area contributed by atoms with Crippen LogP contribution < -0.4 is 11.0 Å². The maximum atomic E-state index is 11.2. The molecular weight excluding hydrogens is 260 g/mol. The SMILES string of the molecule is Cc1cc(=O)[nH]c(NN=Cc2ccccc2C(=O)O)n1. The second-order valence-electron chi connectivity index (χ2n) is 4.00. The minimum absolute atomic E-state index is 0.142. The first-order chi connectivity index (χ1) is 9.56. The zero-order chi connectivity index (χ0) is 14.5. The predicted octanol–water partition coefficient (Wildman–Crippen LogP) is 1.22. The summed E-state index contributed by atoms with van der Waals surface area (Å²) in [6.07, 6.45) is 1.35. The van der Waals surface area contributed by atoms with E-state index in [2.05, 4.69) is 20.5 Å². The number of rotatable bonds is 4. The Hall–Kier alpha value is -2.96. The van der Waals surface area contributed by atoms with Gasteiger partial charge in [-0.2, -0.15) is 5.10 Å². The van der Waals surface area contributed by atoms with E-state index in [9.17, 15) is 9.59 Å². The Labute approximate surface area is 114 Å². The number of carboxylic acids is 1. The third-order valence-electron chi connectivity index (χ3n) is 2.44. The van der Waals surface area contributed by atoms with Gasteiger partial charge in [0.15, 0.2) is 0 Å². The molecule has 2 aromatic rings. The van der Waals surface area contributed by atoms with Crippen LogP contribution in [0.4, 0.5) is 5.95 Å². The first-order valence-electron chi connectivity index (χ1n) is 5.75. The number of aromatic carboxylic acids is 1. The third kappa shape index (κ3) is 3.29. The molecule has 0 amide bonds. The highest BCUT2D eigenvalue weighted by atomic mass is 16.4. The Morgan fingerprint density at radius 3 is 2.90 bits per heavy atom. The standard InChI is InChI=1S/C13H12N4O3/c1-8-6-11(18)16-13(15-8)17-14-7-9-4-2-3-5-10(9)12(19)20/h2-7H,1H3,(H,19,20)(H2,15,16,17,18). The molecule has 7 heteroatoms. The highest BCUT2D eigenvalue weighted by Crippen LogP contribution is 2.06. The van der Waals surface area contributed by atoms with Gasteiger partial charge < -0.3 is 5.11 Å². The molecule has 20 heavy (non-hydrogen) atoms. The molecule has 7 nitrogen and oxygen atoms in total. The first-order valence-corrected chi connectivity index (χ1v) is 5.75. The Morgan fingerprint density at radius 2 is 2.20 bits per heavy atom. The predicted molar refractivity (Wildman–Crippen MR) is 74.2 cm³/mol. The number of nitrogens with one attached hydrogen (secondary N) is 2. The van der Waals surface area contributed by atoms with E-state index in [0.717, 1.165) is 0 Å². The number of benzene rings is 1. The summed E-state index contributed by atoms with van der Waals surface area (Å²) in [5, 5.41) is 12.9. The van der Waals surface area contributed by atoms with Gasteiger partial charge in [0.1, 0.15) is 0 Å². The average Bonchev–Trinajstić information content (AvgIpc) is 2.38. The lowest BCUT2D eigenvalue weighted by atomic mass is 10.1. The van der Waals surface area contributed by atoms with Crippen LogP contribution in [0.1, 0.15) is 21.6 Å². The van der Waals surface area contributed by atoms with Crippen LogP contribution in [0.5, 0.6) is 0 Å². The van der Waals surface area contributed by atoms with Crippen LogP contribution in [0.25, 0.3) is 0 Å². The lowest BCUT2D eigenvalue weighted by Gasteiger charge is -2.01. The van der Waals surface area contributed by atoms with Crippen LogP contribution in [-0.2, 0) is 0 Å². The van der Waals surface area contributed by atoms with E-state index in [4.69, 9.17) is 5.11 Å². The van der Waals surface area contributed by atoms with Crippen LogP contribution in [0.15, 0.2) is 40.2 Å². The van der Waals surface area contributed by atoms with Crippen LogP contribution in [-0.4, -0.2) is 27.3 Å². The van der Waals surface area contributed by atoms with Crippen molar-refractivity contribution < 1.29 is 9.90 Å². The molecule has 0 saturated carbocycles. The number of anilines is 1. The van der Waals surface area contributed by atoms with Gasteiger partial charge in [0.25, 0.3) is 5.56 Å². The molecule has 1 aromatic heterocycles. The lowest BCUT2D eigenvalue weighted by Crippen LogP contribution is -2.10. The molecule has 1 heterocycles. The van der Waals surface area contributed by atoms with Crippen molar-refractivity contribution >= 4 is 18.1 Å². The Balaban J connectivity index is 2.18. The number of carboxylic acid groups (broad SMARTS) is 1. The zero-order valence-electron chi connectivity index (χ0n) is 10.6. The highest BCUT2D eigenvalue weighted by molar-refractivity contribution is 5.98. The van der Waals surface area contributed by atoms with Crippen LogP contribution in [0.3, 0.4) is 0 Å². The topological polar surface area (TPSA) is 107 Å². The molecule has 3 N–H and O–H groups in total. The van der Waals surface area contributed by atoms with Gasteiger partial charge in [-0.3, -0.25) is 9.78 Å². The molecule has 0 bridgehead atoms. The second kappa shape index (κ2) is 5.79. The molecule has 0 unspecified atom stereocenters. The van der Waals surface area contributed by atoms with E-state index in [1.54, 1.807) is 25.1 Å². The molecule has 2 rings (SSSR count). The quantitative estimate of drug-likeness (QED) is 0.573. The minimum Gasteiger partial charge on any atom is -0.478 e. The Kier molecular flexibility index (Phi) is 3.90. The number of hydrogen-bond donors (Lipinski definition) is 3. The van der Waals surface area contributed by atoms with Crippen molar-refractivity contribution in [2.24, 2.45) is 5.10 Å². The Bertz CT molecular complexity index is 722. The summed E-state index contributed by atoms with van der Waals surface area (Å²) in [4.78, 5) is 28.7. The number of hydrogen-bond acceptors (Lipinski definition) is 5. The summed E-state index contributed by atoms with van der Waals surface area (Å²) in [6, 6.07) is 7.81. The van der Waals surface area contributed by atoms with Crippen molar-refractivity contribution in [3.05, 3.63) is 57.5 Å². The molecule has 0 aliphatic carbocycles. The fourth-order valence-electron chi connectivity index (χ4n) is 1.60. The number of aryl methyl sites for hydroxylation is 1. The molecule has 0 saturated heterocycles. The lowest BCUT2D eigenvalue weighted by molar-refractivity contribution is 0.0697. The summed E-state index contributed by atoms with van der Waals surface area (Å²) in [5.41, 5.74) is 3.40. The van der Waals surface area contributed by atoms with Crippen LogP contribution in [0.2, 0.25) is 0 Å². The molecule has 0 fully saturated rings. The normalized spacial score (nSPS) is 10.7. The van der Waals surface area contributed by atoms with Crippen molar-refractivity contribution in [2.45, 2.75) is 6.92 Å². The van der Waals surface area contributed by atoms with E-state index in [0.29, 0.717) is 11.3 Å². The molecule has 102 valence electrons. The van der Waals surface area contributed by atoms with E-state index >= 15 is 0 Å². The molecule has 0 radical (unpaired) electrons. The van der Waals surface area contributed by atoms with E-state index < -0.39 is 5.97 Å². The number of H-pyrrole nitrogens is 1. The van der Waals surface area contributed by atoms with Gasteiger partial charge in [-0.1, -0.05) is 18.2 Å². The maximum absolute atomic E-state index is 11.2. The summed E-state index contributed by atoms with van der Waals surface area (Å²) < 4.78 is 0. The van der Waals surface area contributed by atoms with Gasteiger partial charge in [-0.25, -0.2) is 15.2 Å². The molecule has 0 aliphatic heterocycles. The number of aromatic amines is 1. The average molecular weight is 272 g/mol. The molecule has 0 spiro atoms. The first kappa shape index (κ1) is 13.5. The number of hydrazone groups is 1. The van der Waals surface area contributed by atoms with E-state index in [1.165, 1.54) is 18.3 Å².